The number of benzene rings is 1. The first-order valence-corrected chi connectivity index (χ1v) is 7.28. The Morgan fingerprint density at radius 1 is 1.44 bits per heavy atom. The fraction of sp³-hybridized carbons (Fsp3) is 0.462. The first kappa shape index (κ1) is 13.8. The van der Waals surface area contributed by atoms with Gasteiger partial charge >= 0.3 is 0 Å². The van der Waals surface area contributed by atoms with Crippen molar-refractivity contribution in [2.24, 2.45) is 5.92 Å². The zero-order chi connectivity index (χ0) is 13.0. The number of amides is 1. The van der Waals surface area contributed by atoms with E-state index in [1.165, 1.54) is 0 Å². The number of carbonyl (C=O) groups is 1. The maximum Gasteiger partial charge on any atom is 0.252 e. The second-order valence-corrected chi connectivity index (χ2v) is 5.85. The Balaban J connectivity index is 1.92. The maximum atomic E-state index is 12.0. The van der Waals surface area contributed by atoms with Gasteiger partial charge in [-0.05, 0) is 50.0 Å². The van der Waals surface area contributed by atoms with Gasteiger partial charge in [0, 0.05) is 11.0 Å². The lowest BCUT2D eigenvalue weighted by atomic mass is 9.98. The highest BCUT2D eigenvalue weighted by Gasteiger charge is 2.16. The molecule has 1 aromatic rings. The largest absolute Gasteiger partial charge is 0.352 e. The summed E-state index contributed by atoms with van der Waals surface area (Å²) in [5.41, 5.74) is 0.528. The highest BCUT2D eigenvalue weighted by atomic mass is 79.9. The molecule has 0 atom stereocenters. The van der Waals surface area contributed by atoms with Gasteiger partial charge in [-0.2, -0.15) is 0 Å². The van der Waals surface area contributed by atoms with Gasteiger partial charge in [-0.15, -0.1) is 0 Å². The standard InChI is InChI=1S/C13H16BrClN2O/c14-10-1-2-12(15)11(7-10)13(18)17-8-9-3-5-16-6-4-9/h1-2,7,9,16H,3-6,8H2,(H,17,18). The van der Waals surface area contributed by atoms with Crippen LogP contribution in [0.4, 0.5) is 0 Å². The van der Waals surface area contributed by atoms with E-state index in [2.05, 4.69) is 26.6 Å². The van der Waals surface area contributed by atoms with Crippen molar-refractivity contribution in [3.8, 4) is 0 Å². The lowest BCUT2D eigenvalue weighted by Gasteiger charge is -2.22. The summed E-state index contributed by atoms with van der Waals surface area (Å²) in [5.74, 6) is 0.473. The Morgan fingerprint density at radius 3 is 2.89 bits per heavy atom. The van der Waals surface area contributed by atoms with Crippen molar-refractivity contribution in [2.45, 2.75) is 12.8 Å². The zero-order valence-corrected chi connectivity index (χ0v) is 12.4. The molecule has 0 aromatic heterocycles. The number of nitrogens with one attached hydrogen (secondary N) is 2. The Morgan fingerprint density at radius 2 is 2.17 bits per heavy atom. The van der Waals surface area contributed by atoms with E-state index in [-0.39, 0.29) is 5.91 Å². The van der Waals surface area contributed by atoms with E-state index in [0.717, 1.165) is 36.9 Å². The predicted molar refractivity (Wildman–Crippen MR) is 77.1 cm³/mol. The van der Waals surface area contributed by atoms with Gasteiger partial charge in [0.1, 0.15) is 0 Å². The molecule has 1 saturated heterocycles. The fourth-order valence-electron chi connectivity index (χ4n) is 2.09. The monoisotopic (exact) mass is 330 g/mol. The summed E-state index contributed by atoms with van der Waals surface area (Å²) in [6.07, 6.45) is 2.24. The fourth-order valence-corrected chi connectivity index (χ4v) is 2.65. The lowest BCUT2D eigenvalue weighted by Crippen LogP contribution is -2.36. The van der Waals surface area contributed by atoms with Gasteiger partial charge in [0.2, 0.25) is 0 Å². The molecule has 98 valence electrons. The summed E-state index contributed by atoms with van der Waals surface area (Å²) < 4.78 is 0.860. The summed E-state index contributed by atoms with van der Waals surface area (Å²) >= 11 is 9.37. The molecule has 1 aliphatic heterocycles. The van der Waals surface area contributed by atoms with Crippen molar-refractivity contribution in [1.82, 2.24) is 10.6 Å². The third-order valence-corrected chi connectivity index (χ3v) is 4.01. The summed E-state index contributed by atoms with van der Waals surface area (Å²) in [6.45, 7) is 2.81. The van der Waals surface area contributed by atoms with Gasteiger partial charge in [0.15, 0.2) is 0 Å². The minimum atomic E-state index is -0.0974. The summed E-state index contributed by atoms with van der Waals surface area (Å²) in [7, 11) is 0. The zero-order valence-electron chi connectivity index (χ0n) is 10.0. The molecule has 1 heterocycles. The van der Waals surface area contributed by atoms with Crippen molar-refractivity contribution in [1.29, 1.82) is 0 Å². The van der Waals surface area contributed by atoms with E-state index in [4.69, 9.17) is 11.6 Å². The van der Waals surface area contributed by atoms with Crippen LogP contribution in [0, 0.1) is 5.92 Å². The van der Waals surface area contributed by atoms with Crippen LogP contribution >= 0.6 is 27.5 Å². The van der Waals surface area contributed by atoms with Gasteiger partial charge in [-0.25, -0.2) is 0 Å². The number of piperidine rings is 1. The summed E-state index contributed by atoms with van der Waals surface area (Å²) in [6, 6.07) is 5.30. The molecular formula is C13H16BrClN2O. The van der Waals surface area contributed by atoms with E-state index < -0.39 is 0 Å². The molecule has 1 aliphatic rings. The number of halogens is 2. The molecule has 2 N–H and O–H groups in total. The Bertz CT molecular complexity index is 433. The third kappa shape index (κ3) is 3.70. The summed E-state index contributed by atoms with van der Waals surface area (Å²) in [5, 5.41) is 6.76. The summed E-state index contributed by atoms with van der Waals surface area (Å²) in [4.78, 5) is 12.0. The molecule has 0 radical (unpaired) electrons. The van der Waals surface area contributed by atoms with Crippen LogP contribution in [0.3, 0.4) is 0 Å². The molecule has 1 amide bonds. The quantitative estimate of drug-likeness (QED) is 0.894. The minimum Gasteiger partial charge on any atom is -0.352 e. The van der Waals surface area contributed by atoms with Crippen LogP contribution in [0.5, 0.6) is 0 Å². The van der Waals surface area contributed by atoms with E-state index in [9.17, 15) is 4.79 Å². The van der Waals surface area contributed by atoms with Crippen LogP contribution < -0.4 is 10.6 Å². The molecule has 2 rings (SSSR count). The van der Waals surface area contributed by atoms with Gasteiger partial charge in [-0.1, -0.05) is 27.5 Å². The molecule has 0 saturated carbocycles. The highest BCUT2D eigenvalue weighted by molar-refractivity contribution is 9.10. The first-order valence-electron chi connectivity index (χ1n) is 6.11. The SMILES string of the molecule is O=C(NCC1CCNCC1)c1cc(Br)ccc1Cl. The molecule has 0 aliphatic carbocycles. The number of rotatable bonds is 3. The van der Waals surface area contributed by atoms with Crippen molar-refractivity contribution < 1.29 is 4.79 Å². The molecule has 0 unspecified atom stereocenters. The minimum absolute atomic E-state index is 0.0974. The molecule has 5 heteroatoms. The van der Waals surface area contributed by atoms with E-state index in [1.54, 1.807) is 12.1 Å². The van der Waals surface area contributed by atoms with E-state index in [1.807, 2.05) is 6.07 Å². The van der Waals surface area contributed by atoms with Gasteiger partial charge < -0.3 is 10.6 Å². The van der Waals surface area contributed by atoms with Crippen LogP contribution in [-0.4, -0.2) is 25.5 Å². The average Bonchev–Trinajstić information content (AvgIpc) is 2.40. The molecule has 1 fully saturated rings. The van der Waals surface area contributed by atoms with E-state index >= 15 is 0 Å². The second kappa shape index (κ2) is 6.55. The number of hydrogen-bond donors (Lipinski definition) is 2. The van der Waals surface area contributed by atoms with Crippen molar-refractivity contribution >= 4 is 33.4 Å². The number of carbonyl (C=O) groups excluding carboxylic acids is 1. The topological polar surface area (TPSA) is 41.1 Å². The molecule has 1 aromatic carbocycles. The Kier molecular flexibility index (Phi) is 5.03. The van der Waals surface area contributed by atoms with Crippen LogP contribution in [0.2, 0.25) is 5.02 Å². The lowest BCUT2D eigenvalue weighted by molar-refractivity contribution is 0.0944. The number of hydrogen-bond acceptors (Lipinski definition) is 2. The van der Waals surface area contributed by atoms with E-state index in [0.29, 0.717) is 16.5 Å². The van der Waals surface area contributed by atoms with Gasteiger partial charge in [0.25, 0.3) is 5.91 Å². The highest BCUT2D eigenvalue weighted by Crippen LogP contribution is 2.21. The Hall–Kier alpha value is -0.580. The normalized spacial score (nSPS) is 16.6. The molecule has 3 nitrogen and oxygen atoms in total. The maximum absolute atomic E-state index is 12.0. The van der Waals surface area contributed by atoms with Crippen molar-refractivity contribution in [2.75, 3.05) is 19.6 Å². The van der Waals surface area contributed by atoms with Crippen molar-refractivity contribution in [3.63, 3.8) is 0 Å². The first-order chi connectivity index (χ1) is 8.66. The van der Waals surface area contributed by atoms with Gasteiger partial charge in [-0.3, -0.25) is 4.79 Å². The average molecular weight is 332 g/mol. The Labute approximate surface area is 120 Å². The van der Waals surface area contributed by atoms with Crippen LogP contribution in [0.25, 0.3) is 0 Å². The van der Waals surface area contributed by atoms with Crippen molar-refractivity contribution in [3.05, 3.63) is 33.3 Å². The molecular weight excluding hydrogens is 316 g/mol. The molecule has 18 heavy (non-hydrogen) atoms. The van der Waals surface area contributed by atoms with Crippen LogP contribution in [-0.2, 0) is 0 Å². The molecule has 0 bridgehead atoms. The van der Waals surface area contributed by atoms with Crippen LogP contribution in [0.15, 0.2) is 22.7 Å². The second-order valence-electron chi connectivity index (χ2n) is 4.53. The smallest absolute Gasteiger partial charge is 0.252 e. The molecule has 0 spiro atoms. The van der Waals surface area contributed by atoms with Gasteiger partial charge in [0.05, 0.1) is 10.6 Å². The third-order valence-electron chi connectivity index (χ3n) is 3.18. The predicted octanol–water partition coefficient (Wildman–Crippen LogP) is 2.83. The van der Waals surface area contributed by atoms with Crippen LogP contribution in [0.1, 0.15) is 23.2 Å².